The van der Waals surface area contributed by atoms with Crippen LogP contribution in [-0.2, 0) is 9.53 Å². The number of rotatable bonds is 8. The SMILES string of the molecule is CCOC1CCC(C(=O)C[NH+]2CCC(CC3CCCCC3)CC2)CC1[NH+]([O-])O. The smallest absolute Gasteiger partial charge is 0.190 e. The Balaban J connectivity index is 1.40. The van der Waals surface area contributed by atoms with Crippen molar-refractivity contribution in [2.24, 2.45) is 17.8 Å². The topological polar surface area (TPSA) is 78.5 Å². The first-order valence-corrected chi connectivity index (χ1v) is 11.8. The molecular formula is C22H41N2O4+. The van der Waals surface area contributed by atoms with E-state index in [0.717, 1.165) is 31.3 Å². The first-order valence-electron chi connectivity index (χ1n) is 11.8. The molecular weight excluding hydrogens is 356 g/mol. The molecule has 28 heavy (non-hydrogen) atoms. The van der Waals surface area contributed by atoms with Crippen molar-refractivity contribution in [3.05, 3.63) is 5.21 Å². The van der Waals surface area contributed by atoms with Gasteiger partial charge in [-0.2, -0.15) is 0 Å². The van der Waals surface area contributed by atoms with E-state index in [-0.39, 0.29) is 17.8 Å². The molecule has 6 nitrogen and oxygen atoms in total. The van der Waals surface area contributed by atoms with Gasteiger partial charge in [-0.05, 0) is 50.9 Å². The standard InChI is InChI=1S/C22H40N2O4/c1-2-28-22-9-8-19(15-20(22)24(26)27)21(25)16-23-12-10-18(11-13-23)14-17-6-4-3-5-7-17/h17-20,22,24,26H,2-16H2,1H3/p+1. The van der Waals surface area contributed by atoms with Gasteiger partial charge in [-0.1, -0.05) is 32.1 Å². The summed E-state index contributed by atoms with van der Waals surface area (Å²) in [6.07, 6.45) is 12.8. The molecule has 0 radical (unpaired) electrons. The van der Waals surface area contributed by atoms with Gasteiger partial charge < -0.3 is 14.8 Å². The zero-order chi connectivity index (χ0) is 19.9. The van der Waals surface area contributed by atoms with Gasteiger partial charge in [-0.25, -0.2) is 10.4 Å². The van der Waals surface area contributed by atoms with Crippen LogP contribution in [0.2, 0.25) is 0 Å². The van der Waals surface area contributed by atoms with Crippen molar-refractivity contribution >= 4 is 5.78 Å². The number of ketones is 1. The van der Waals surface area contributed by atoms with Crippen LogP contribution < -0.4 is 10.1 Å². The molecule has 3 fully saturated rings. The molecule has 1 heterocycles. The minimum atomic E-state index is -0.813. The first-order chi connectivity index (χ1) is 13.6. The summed E-state index contributed by atoms with van der Waals surface area (Å²) in [6.45, 7) is 5.25. The average Bonchev–Trinajstić information content (AvgIpc) is 2.70. The Hall–Kier alpha value is -0.530. The van der Waals surface area contributed by atoms with Gasteiger partial charge >= 0.3 is 0 Å². The van der Waals surface area contributed by atoms with E-state index in [0.29, 0.717) is 26.0 Å². The lowest BCUT2D eigenvalue weighted by atomic mass is 9.79. The third kappa shape index (κ3) is 6.23. The highest BCUT2D eigenvalue weighted by molar-refractivity contribution is 5.82. The molecule has 0 amide bonds. The summed E-state index contributed by atoms with van der Waals surface area (Å²) in [5.41, 5.74) is 0. The highest BCUT2D eigenvalue weighted by Crippen LogP contribution is 2.31. The number of hydrogen-bond donors (Lipinski definition) is 3. The first kappa shape index (κ1) is 22.2. The molecule has 2 saturated carbocycles. The Morgan fingerprint density at radius 2 is 1.75 bits per heavy atom. The van der Waals surface area contributed by atoms with Crippen LogP contribution in [-0.4, -0.2) is 49.4 Å². The third-order valence-electron chi connectivity index (χ3n) is 7.57. The van der Waals surface area contributed by atoms with Gasteiger partial charge in [-0.3, -0.25) is 4.79 Å². The average molecular weight is 398 g/mol. The van der Waals surface area contributed by atoms with Crippen molar-refractivity contribution in [1.82, 2.24) is 0 Å². The lowest BCUT2D eigenvalue weighted by molar-refractivity contribution is -1.07. The molecule has 3 rings (SSSR count). The molecule has 0 spiro atoms. The molecule has 0 aromatic rings. The molecule has 2 aliphatic carbocycles. The molecule has 0 aromatic heterocycles. The molecule has 4 atom stereocenters. The second-order valence-corrected chi connectivity index (χ2v) is 9.52. The molecule has 0 bridgehead atoms. The van der Waals surface area contributed by atoms with Crippen LogP contribution in [0.25, 0.3) is 0 Å². The summed E-state index contributed by atoms with van der Waals surface area (Å²) in [6, 6.07) is -0.529. The number of quaternary nitrogens is 2. The zero-order valence-corrected chi connectivity index (χ0v) is 17.7. The van der Waals surface area contributed by atoms with E-state index < -0.39 is 11.3 Å². The number of carbonyl (C=O) groups excluding carboxylic acids is 1. The van der Waals surface area contributed by atoms with Gasteiger partial charge in [0.1, 0.15) is 18.7 Å². The minimum absolute atomic E-state index is 0.0923. The van der Waals surface area contributed by atoms with Gasteiger partial charge in [0, 0.05) is 18.9 Å². The number of nitrogens with one attached hydrogen (secondary N) is 2. The van der Waals surface area contributed by atoms with Crippen LogP contribution in [0.3, 0.4) is 0 Å². The Morgan fingerprint density at radius 1 is 1.07 bits per heavy atom. The quantitative estimate of drug-likeness (QED) is 0.537. The summed E-state index contributed by atoms with van der Waals surface area (Å²) in [4.78, 5) is 14.3. The predicted molar refractivity (Wildman–Crippen MR) is 107 cm³/mol. The van der Waals surface area contributed by atoms with E-state index in [4.69, 9.17) is 4.74 Å². The molecule has 1 aliphatic heterocycles. The van der Waals surface area contributed by atoms with Crippen LogP contribution in [0, 0.1) is 23.0 Å². The van der Waals surface area contributed by atoms with Crippen molar-refractivity contribution in [1.29, 1.82) is 0 Å². The lowest BCUT2D eigenvalue weighted by Gasteiger charge is -2.37. The van der Waals surface area contributed by atoms with Crippen molar-refractivity contribution < 1.29 is 24.9 Å². The fraction of sp³-hybridized carbons (Fsp3) is 0.955. The molecule has 1 saturated heterocycles. The number of Topliss-reactive ketones (excluding diaryl/α,β-unsaturated/α-hetero) is 1. The van der Waals surface area contributed by atoms with Crippen molar-refractivity contribution in [2.45, 2.75) is 89.7 Å². The van der Waals surface area contributed by atoms with Crippen molar-refractivity contribution in [3.8, 4) is 0 Å². The van der Waals surface area contributed by atoms with Crippen LogP contribution in [0.4, 0.5) is 0 Å². The predicted octanol–water partition coefficient (Wildman–Crippen LogP) is 1.17. The maximum Gasteiger partial charge on any atom is 0.190 e. The van der Waals surface area contributed by atoms with Crippen molar-refractivity contribution in [2.75, 3.05) is 26.2 Å². The second kappa shape index (κ2) is 11.0. The Morgan fingerprint density at radius 3 is 2.39 bits per heavy atom. The third-order valence-corrected chi connectivity index (χ3v) is 7.57. The normalized spacial score (nSPS) is 36.2. The monoisotopic (exact) mass is 397 g/mol. The maximum atomic E-state index is 12.8. The number of piperidine rings is 1. The van der Waals surface area contributed by atoms with Crippen LogP contribution in [0.5, 0.6) is 0 Å². The number of ether oxygens (including phenoxy) is 1. The van der Waals surface area contributed by atoms with E-state index in [1.165, 1.54) is 56.3 Å². The fourth-order valence-electron chi connectivity index (χ4n) is 5.89. The van der Waals surface area contributed by atoms with Crippen molar-refractivity contribution in [3.63, 3.8) is 0 Å². The molecule has 4 unspecified atom stereocenters. The van der Waals surface area contributed by atoms with Gasteiger partial charge in [0.15, 0.2) is 5.78 Å². The fourth-order valence-corrected chi connectivity index (χ4v) is 5.89. The molecule has 3 aliphatic rings. The Labute approximate surface area is 170 Å². The largest absolute Gasteiger partial charge is 0.600 e. The van der Waals surface area contributed by atoms with Gasteiger partial charge in [-0.15, -0.1) is 0 Å². The Bertz CT molecular complexity index is 473. The van der Waals surface area contributed by atoms with Crippen LogP contribution in [0.1, 0.15) is 77.6 Å². The van der Waals surface area contributed by atoms with Gasteiger partial charge in [0.25, 0.3) is 0 Å². The summed E-state index contributed by atoms with van der Waals surface area (Å²) < 4.78 is 5.61. The van der Waals surface area contributed by atoms with E-state index in [1.54, 1.807) is 0 Å². The lowest BCUT2D eigenvalue weighted by Crippen LogP contribution is -3.14. The maximum absolute atomic E-state index is 12.8. The Kier molecular flexibility index (Phi) is 8.72. The number of carbonyl (C=O) groups is 1. The molecule has 3 N–H and O–H groups in total. The molecule has 0 aromatic carbocycles. The van der Waals surface area contributed by atoms with Gasteiger partial charge in [0.05, 0.1) is 13.1 Å². The highest BCUT2D eigenvalue weighted by atomic mass is 16.8. The van der Waals surface area contributed by atoms with E-state index in [2.05, 4.69) is 0 Å². The van der Waals surface area contributed by atoms with Gasteiger partial charge in [0.2, 0.25) is 0 Å². The highest BCUT2D eigenvalue weighted by Gasteiger charge is 2.39. The number of hydrogen-bond acceptors (Lipinski definition) is 4. The molecule has 162 valence electrons. The van der Waals surface area contributed by atoms with Crippen LogP contribution in [0.15, 0.2) is 0 Å². The zero-order valence-electron chi connectivity index (χ0n) is 17.7. The molecule has 6 heteroatoms. The number of hydroxylamine groups is 2. The summed E-state index contributed by atoms with van der Waals surface area (Å²) in [7, 11) is 0. The summed E-state index contributed by atoms with van der Waals surface area (Å²) in [5, 5.41) is 20.3. The number of likely N-dealkylation sites (tertiary alicyclic amines) is 1. The van der Waals surface area contributed by atoms with E-state index >= 15 is 0 Å². The summed E-state index contributed by atoms with van der Waals surface area (Å²) in [5.74, 6) is 2.00. The second-order valence-electron chi connectivity index (χ2n) is 9.52. The van der Waals surface area contributed by atoms with Crippen LogP contribution >= 0.6 is 0 Å². The van der Waals surface area contributed by atoms with E-state index in [1.807, 2.05) is 6.92 Å². The minimum Gasteiger partial charge on any atom is -0.600 e. The van der Waals surface area contributed by atoms with E-state index in [9.17, 15) is 15.2 Å². The summed E-state index contributed by atoms with van der Waals surface area (Å²) >= 11 is 0.